The Balaban J connectivity index is 1.89. The minimum atomic E-state index is -0.348. The molecule has 3 rings (SSSR count). The molecule has 1 saturated carbocycles. The molecule has 0 spiro atoms. The number of hydrogen-bond donors (Lipinski definition) is 1. The van der Waals surface area contributed by atoms with E-state index in [0.29, 0.717) is 16.1 Å². The Kier molecular flexibility index (Phi) is 3.63. The number of benzene rings is 1. The van der Waals surface area contributed by atoms with Crippen LogP contribution in [0.4, 0.5) is 4.39 Å². The highest BCUT2D eigenvalue weighted by atomic mass is 32.1. The lowest BCUT2D eigenvalue weighted by atomic mass is 10.2. The summed E-state index contributed by atoms with van der Waals surface area (Å²) in [6, 6.07) is 6.59. The van der Waals surface area contributed by atoms with Gasteiger partial charge < -0.3 is 5.32 Å². The van der Waals surface area contributed by atoms with Crippen molar-refractivity contribution < 1.29 is 9.18 Å². The van der Waals surface area contributed by atoms with Crippen molar-refractivity contribution in [3.8, 4) is 0 Å². The summed E-state index contributed by atoms with van der Waals surface area (Å²) in [4.78, 5) is 24.3. The molecular weight excluding hydrogens is 291 g/mol. The van der Waals surface area contributed by atoms with Gasteiger partial charge in [0.1, 0.15) is 10.7 Å². The number of halogens is 1. The number of amides is 1. The number of carbonyl (C=O) groups is 1. The molecule has 4 nitrogen and oxygen atoms in total. The van der Waals surface area contributed by atoms with Gasteiger partial charge in [0.2, 0.25) is 0 Å². The zero-order valence-corrected chi connectivity index (χ0v) is 12.4. The van der Waals surface area contributed by atoms with Gasteiger partial charge in [-0.1, -0.05) is 29.5 Å². The van der Waals surface area contributed by atoms with E-state index in [2.05, 4.69) is 5.32 Å². The van der Waals surface area contributed by atoms with E-state index in [1.54, 1.807) is 25.1 Å². The molecule has 0 saturated heterocycles. The summed E-state index contributed by atoms with van der Waals surface area (Å²) in [7, 11) is 0. The second-order valence-electron chi connectivity index (χ2n) is 5.21. The third-order valence-corrected chi connectivity index (χ3v) is 4.63. The van der Waals surface area contributed by atoms with Gasteiger partial charge in [0.15, 0.2) is 0 Å². The number of hydrogen-bond acceptors (Lipinski definition) is 3. The number of aromatic nitrogens is 1. The molecule has 0 bridgehead atoms. The molecule has 1 N–H and O–H groups in total. The number of nitrogens with zero attached hydrogens (tertiary/aromatic N) is 1. The Morgan fingerprint density at radius 3 is 2.81 bits per heavy atom. The van der Waals surface area contributed by atoms with E-state index >= 15 is 0 Å². The van der Waals surface area contributed by atoms with Gasteiger partial charge in [-0.2, -0.15) is 0 Å². The fraction of sp³-hybridized carbons (Fsp3) is 0.333. The summed E-state index contributed by atoms with van der Waals surface area (Å²) in [5, 5.41) is 2.87. The predicted molar refractivity (Wildman–Crippen MR) is 79.3 cm³/mol. The molecule has 1 heterocycles. The summed E-state index contributed by atoms with van der Waals surface area (Å²) < 4.78 is 15.1. The van der Waals surface area contributed by atoms with Crippen molar-refractivity contribution in [2.24, 2.45) is 0 Å². The molecule has 110 valence electrons. The fourth-order valence-corrected chi connectivity index (χ4v) is 3.04. The summed E-state index contributed by atoms with van der Waals surface area (Å²) >= 11 is 0.917. The Bertz CT molecular complexity index is 746. The van der Waals surface area contributed by atoms with Crippen molar-refractivity contribution in [1.82, 2.24) is 9.88 Å². The average molecular weight is 306 g/mol. The van der Waals surface area contributed by atoms with E-state index in [9.17, 15) is 14.0 Å². The van der Waals surface area contributed by atoms with Crippen molar-refractivity contribution in [2.75, 3.05) is 0 Å². The van der Waals surface area contributed by atoms with E-state index in [-0.39, 0.29) is 29.2 Å². The van der Waals surface area contributed by atoms with Gasteiger partial charge in [-0.05, 0) is 25.8 Å². The molecule has 2 aromatic rings. The lowest BCUT2D eigenvalue weighted by Crippen LogP contribution is -2.25. The molecular formula is C15H15FN2O2S. The maximum Gasteiger partial charge on any atom is 0.308 e. The first kappa shape index (κ1) is 14.0. The first-order chi connectivity index (χ1) is 10.1. The van der Waals surface area contributed by atoms with Crippen molar-refractivity contribution >= 4 is 17.2 Å². The van der Waals surface area contributed by atoms with Crippen LogP contribution in [0.1, 0.15) is 33.8 Å². The van der Waals surface area contributed by atoms with Crippen molar-refractivity contribution in [3.05, 3.63) is 55.9 Å². The summed E-state index contributed by atoms with van der Waals surface area (Å²) in [6.45, 7) is 1.87. The average Bonchev–Trinajstić information content (AvgIpc) is 3.22. The normalized spacial score (nSPS) is 14.2. The second-order valence-corrected chi connectivity index (χ2v) is 6.17. The third-order valence-electron chi connectivity index (χ3n) is 3.55. The molecule has 0 aliphatic heterocycles. The Hall–Kier alpha value is -1.95. The van der Waals surface area contributed by atoms with Crippen LogP contribution in [0.2, 0.25) is 0 Å². The van der Waals surface area contributed by atoms with E-state index in [1.165, 1.54) is 10.6 Å². The molecule has 1 amide bonds. The molecule has 1 aromatic carbocycles. The molecule has 0 unspecified atom stereocenters. The SMILES string of the molecule is Cc1c(C(=O)NC2CC2)sc(=O)n1Cc1ccccc1F. The van der Waals surface area contributed by atoms with Crippen LogP contribution < -0.4 is 10.2 Å². The number of nitrogens with one attached hydrogen (secondary N) is 1. The van der Waals surface area contributed by atoms with Crippen LogP contribution >= 0.6 is 11.3 Å². The van der Waals surface area contributed by atoms with Crippen LogP contribution in [-0.4, -0.2) is 16.5 Å². The van der Waals surface area contributed by atoms with Gasteiger partial charge in [-0.15, -0.1) is 0 Å². The van der Waals surface area contributed by atoms with Crippen LogP contribution in [0.25, 0.3) is 0 Å². The molecule has 0 atom stereocenters. The summed E-state index contributed by atoms with van der Waals surface area (Å²) in [5.41, 5.74) is 1.03. The lowest BCUT2D eigenvalue weighted by Gasteiger charge is -2.07. The highest BCUT2D eigenvalue weighted by Gasteiger charge is 2.26. The standard InChI is InChI=1S/C15H15FN2O2S/c1-9-13(14(19)17-11-6-7-11)21-15(20)18(9)8-10-4-2-3-5-12(10)16/h2-5,11H,6-8H2,1H3,(H,17,19). The Labute approximate surface area is 125 Å². The molecule has 21 heavy (non-hydrogen) atoms. The van der Waals surface area contributed by atoms with Crippen LogP contribution in [0.15, 0.2) is 29.1 Å². The molecule has 1 aromatic heterocycles. The molecule has 6 heteroatoms. The van der Waals surface area contributed by atoms with E-state index in [0.717, 1.165) is 24.2 Å². The molecule has 1 fully saturated rings. The van der Waals surface area contributed by atoms with Gasteiger partial charge in [-0.25, -0.2) is 4.39 Å². The zero-order valence-electron chi connectivity index (χ0n) is 11.6. The predicted octanol–water partition coefficient (Wildman–Crippen LogP) is 2.30. The van der Waals surface area contributed by atoms with Gasteiger partial charge in [0.25, 0.3) is 5.91 Å². The maximum absolute atomic E-state index is 13.7. The molecule has 1 aliphatic carbocycles. The van der Waals surface area contributed by atoms with Crippen LogP contribution in [0.3, 0.4) is 0 Å². The summed E-state index contributed by atoms with van der Waals surface area (Å²) in [5.74, 6) is -0.552. The van der Waals surface area contributed by atoms with Crippen molar-refractivity contribution in [2.45, 2.75) is 32.4 Å². The maximum atomic E-state index is 13.7. The van der Waals surface area contributed by atoms with Crippen molar-refractivity contribution in [1.29, 1.82) is 0 Å². The topological polar surface area (TPSA) is 51.1 Å². The number of thiazole rings is 1. The van der Waals surface area contributed by atoms with Crippen molar-refractivity contribution in [3.63, 3.8) is 0 Å². The van der Waals surface area contributed by atoms with Gasteiger partial charge in [-0.3, -0.25) is 14.2 Å². The van der Waals surface area contributed by atoms with Crippen LogP contribution in [0.5, 0.6) is 0 Å². The fourth-order valence-electron chi connectivity index (χ4n) is 2.15. The zero-order chi connectivity index (χ0) is 15.0. The van der Waals surface area contributed by atoms with Crippen LogP contribution in [-0.2, 0) is 6.54 Å². The minimum absolute atomic E-state index is 0.143. The van der Waals surface area contributed by atoms with Gasteiger partial charge >= 0.3 is 4.87 Å². The smallest absolute Gasteiger partial charge is 0.308 e. The highest BCUT2D eigenvalue weighted by Crippen LogP contribution is 2.21. The summed E-state index contributed by atoms with van der Waals surface area (Å²) in [6.07, 6.45) is 1.99. The Morgan fingerprint density at radius 2 is 2.14 bits per heavy atom. The lowest BCUT2D eigenvalue weighted by molar-refractivity contribution is 0.0954. The number of rotatable bonds is 4. The highest BCUT2D eigenvalue weighted by molar-refractivity contribution is 7.11. The number of carbonyl (C=O) groups excluding carboxylic acids is 1. The van der Waals surface area contributed by atoms with E-state index in [4.69, 9.17) is 0 Å². The largest absolute Gasteiger partial charge is 0.349 e. The van der Waals surface area contributed by atoms with Gasteiger partial charge in [0.05, 0.1) is 6.54 Å². The Morgan fingerprint density at radius 1 is 1.43 bits per heavy atom. The van der Waals surface area contributed by atoms with Crippen LogP contribution in [0, 0.1) is 12.7 Å². The van der Waals surface area contributed by atoms with Gasteiger partial charge in [0, 0.05) is 17.3 Å². The first-order valence-electron chi connectivity index (χ1n) is 6.80. The van der Waals surface area contributed by atoms with E-state index in [1.807, 2.05) is 0 Å². The van der Waals surface area contributed by atoms with E-state index < -0.39 is 0 Å². The minimum Gasteiger partial charge on any atom is -0.349 e. The molecule has 1 aliphatic rings. The quantitative estimate of drug-likeness (QED) is 0.942. The molecule has 0 radical (unpaired) electrons. The first-order valence-corrected chi connectivity index (χ1v) is 7.62. The third kappa shape index (κ3) is 2.90. The second kappa shape index (κ2) is 5.44. The monoisotopic (exact) mass is 306 g/mol.